The smallest absolute Gasteiger partial charge is 0.271 e. The van der Waals surface area contributed by atoms with Crippen LogP contribution in [-0.4, -0.2) is 22.5 Å². The third kappa shape index (κ3) is 4.74. The van der Waals surface area contributed by atoms with Gasteiger partial charge in [0.15, 0.2) is 0 Å². The summed E-state index contributed by atoms with van der Waals surface area (Å²) in [5.74, 6) is -0.705. The number of rotatable bonds is 5. The number of hydrogen-bond donors (Lipinski definition) is 2. The highest BCUT2D eigenvalue weighted by Gasteiger charge is 2.08. The van der Waals surface area contributed by atoms with E-state index in [0.717, 1.165) is 0 Å². The van der Waals surface area contributed by atoms with Gasteiger partial charge in [-0.05, 0) is 31.2 Å². The molecule has 2 rings (SSSR count). The van der Waals surface area contributed by atoms with Gasteiger partial charge in [-0.1, -0.05) is 12.1 Å². The van der Waals surface area contributed by atoms with E-state index in [1.54, 1.807) is 43.3 Å². The van der Waals surface area contributed by atoms with Crippen LogP contribution in [0.2, 0.25) is 0 Å². The second-order valence-corrected chi connectivity index (χ2v) is 4.91. The van der Waals surface area contributed by atoms with Gasteiger partial charge in [0, 0.05) is 23.7 Å². The van der Waals surface area contributed by atoms with Crippen molar-refractivity contribution in [2.45, 2.75) is 13.3 Å². The fraction of sp³-hybridized carbons (Fsp3) is 0.118. The maximum absolute atomic E-state index is 12.0. The van der Waals surface area contributed by atoms with Gasteiger partial charge in [0.25, 0.3) is 5.91 Å². The monoisotopic (exact) mass is 321 g/mol. The van der Waals surface area contributed by atoms with E-state index in [1.807, 2.05) is 6.07 Å². The molecule has 0 aliphatic heterocycles. The molecule has 1 aromatic heterocycles. The Morgan fingerprint density at radius 3 is 2.62 bits per heavy atom. The molecule has 7 heteroatoms. The maximum atomic E-state index is 12.0. The Kier molecular flexibility index (Phi) is 5.75. The van der Waals surface area contributed by atoms with E-state index in [1.165, 1.54) is 12.4 Å². The topological polar surface area (TPSA) is 107 Å². The largest absolute Gasteiger partial charge is 0.325 e. The van der Waals surface area contributed by atoms with Crippen molar-refractivity contribution in [3.8, 4) is 6.07 Å². The fourth-order valence-electron chi connectivity index (χ4n) is 1.87. The van der Waals surface area contributed by atoms with Crippen molar-refractivity contribution in [2.24, 2.45) is 5.10 Å². The first kappa shape index (κ1) is 16.8. The Morgan fingerprint density at radius 1 is 1.21 bits per heavy atom. The van der Waals surface area contributed by atoms with E-state index in [0.29, 0.717) is 22.5 Å². The van der Waals surface area contributed by atoms with Gasteiger partial charge in [0.05, 0.1) is 17.7 Å². The Hall–Kier alpha value is -3.53. The SMILES string of the molecule is C/C(CC(=O)Nc1ccccc1C#N)=N/NC(=O)c1ccncc1. The molecular weight excluding hydrogens is 306 g/mol. The van der Waals surface area contributed by atoms with E-state index < -0.39 is 0 Å². The van der Waals surface area contributed by atoms with Crippen molar-refractivity contribution in [1.82, 2.24) is 10.4 Å². The van der Waals surface area contributed by atoms with Crippen molar-refractivity contribution in [3.05, 3.63) is 59.9 Å². The number of anilines is 1. The molecule has 0 atom stereocenters. The Morgan fingerprint density at radius 2 is 1.92 bits per heavy atom. The molecule has 0 fully saturated rings. The van der Waals surface area contributed by atoms with E-state index in [-0.39, 0.29) is 18.2 Å². The number of benzene rings is 1. The minimum absolute atomic E-state index is 0.00358. The molecule has 0 aliphatic carbocycles. The van der Waals surface area contributed by atoms with Crippen molar-refractivity contribution >= 4 is 23.2 Å². The zero-order chi connectivity index (χ0) is 17.4. The zero-order valence-corrected chi connectivity index (χ0v) is 13.0. The van der Waals surface area contributed by atoms with Crippen molar-refractivity contribution in [3.63, 3.8) is 0 Å². The quantitative estimate of drug-likeness (QED) is 0.649. The van der Waals surface area contributed by atoms with Crippen molar-refractivity contribution in [1.29, 1.82) is 5.26 Å². The molecule has 0 bridgehead atoms. The van der Waals surface area contributed by atoms with Crippen LogP contribution in [0, 0.1) is 11.3 Å². The van der Waals surface area contributed by atoms with Crippen LogP contribution in [0.25, 0.3) is 0 Å². The first-order valence-corrected chi connectivity index (χ1v) is 7.12. The first-order valence-electron chi connectivity index (χ1n) is 7.12. The average molecular weight is 321 g/mol. The highest BCUT2D eigenvalue weighted by Crippen LogP contribution is 2.13. The van der Waals surface area contributed by atoms with Gasteiger partial charge in [0.1, 0.15) is 6.07 Å². The van der Waals surface area contributed by atoms with Gasteiger partial charge in [-0.2, -0.15) is 10.4 Å². The molecule has 2 aromatic rings. The van der Waals surface area contributed by atoms with Gasteiger partial charge in [-0.3, -0.25) is 14.6 Å². The molecule has 0 saturated heterocycles. The van der Waals surface area contributed by atoms with Crippen LogP contribution in [0.1, 0.15) is 29.3 Å². The third-order valence-electron chi connectivity index (χ3n) is 3.03. The van der Waals surface area contributed by atoms with Crippen LogP contribution in [0.4, 0.5) is 5.69 Å². The number of carbonyl (C=O) groups is 2. The van der Waals surface area contributed by atoms with Gasteiger partial charge in [-0.15, -0.1) is 0 Å². The van der Waals surface area contributed by atoms with Gasteiger partial charge < -0.3 is 5.32 Å². The lowest BCUT2D eigenvalue weighted by Crippen LogP contribution is -2.21. The Bertz CT molecular complexity index is 809. The highest BCUT2D eigenvalue weighted by atomic mass is 16.2. The van der Waals surface area contributed by atoms with Crippen LogP contribution >= 0.6 is 0 Å². The van der Waals surface area contributed by atoms with Crippen molar-refractivity contribution < 1.29 is 9.59 Å². The molecule has 1 heterocycles. The Balaban J connectivity index is 1.92. The number of amides is 2. The lowest BCUT2D eigenvalue weighted by molar-refractivity contribution is -0.115. The normalized spacial score (nSPS) is 10.6. The molecule has 7 nitrogen and oxygen atoms in total. The number of aromatic nitrogens is 1. The van der Waals surface area contributed by atoms with E-state index in [4.69, 9.17) is 5.26 Å². The lowest BCUT2D eigenvalue weighted by Gasteiger charge is -2.07. The second-order valence-electron chi connectivity index (χ2n) is 4.91. The third-order valence-corrected chi connectivity index (χ3v) is 3.03. The molecule has 0 unspecified atom stereocenters. The molecule has 24 heavy (non-hydrogen) atoms. The summed E-state index contributed by atoms with van der Waals surface area (Å²) in [6.07, 6.45) is 3.01. The second kappa shape index (κ2) is 8.19. The molecule has 1 aromatic carbocycles. The molecule has 2 N–H and O–H groups in total. The number of pyridine rings is 1. The van der Waals surface area contributed by atoms with Crippen LogP contribution in [0.3, 0.4) is 0 Å². The number of carbonyl (C=O) groups excluding carboxylic acids is 2. The molecule has 0 spiro atoms. The number of hydrazone groups is 1. The molecule has 2 amide bonds. The molecular formula is C17H15N5O2. The minimum Gasteiger partial charge on any atom is -0.325 e. The van der Waals surface area contributed by atoms with Gasteiger partial charge in [-0.25, -0.2) is 5.43 Å². The fourth-order valence-corrected chi connectivity index (χ4v) is 1.87. The molecule has 0 radical (unpaired) electrons. The minimum atomic E-state index is -0.382. The van der Waals surface area contributed by atoms with Gasteiger partial charge in [0.2, 0.25) is 5.91 Å². The predicted octanol–water partition coefficient (Wildman–Crippen LogP) is 2.09. The standard InChI is InChI=1S/C17H15N5O2/c1-12(21-22-17(24)13-6-8-19-9-7-13)10-16(23)20-15-5-3-2-4-14(15)11-18/h2-9H,10H2,1H3,(H,20,23)(H,22,24)/b21-12-. The summed E-state index contributed by atoms with van der Waals surface area (Å²) in [5, 5.41) is 15.5. The summed E-state index contributed by atoms with van der Waals surface area (Å²) in [4.78, 5) is 27.6. The summed E-state index contributed by atoms with van der Waals surface area (Å²) in [7, 11) is 0. The van der Waals surface area contributed by atoms with Gasteiger partial charge >= 0.3 is 0 Å². The number of hydrogen-bond acceptors (Lipinski definition) is 5. The summed E-state index contributed by atoms with van der Waals surface area (Å²) in [6, 6.07) is 11.8. The molecule has 120 valence electrons. The maximum Gasteiger partial charge on any atom is 0.271 e. The van der Waals surface area contributed by atoms with Crippen LogP contribution in [-0.2, 0) is 4.79 Å². The lowest BCUT2D eigenvalue weighted by atomic mass is 10.2. The highest BCUT2D eigenvalue weighted by molar-refractivity contribution is 6.06. The van der Waals surface area contributed by atoms with Crippen LogP contribution < -0.4 is 10.7 Å². The van der Waals surface area contributed by atoms with Crippen LogP contribution in [0.15, 0.2) is 53.9 Å². The Labute approximate surface area is 139 Å². The summed E-state index contributed by atoms with van der Waals surface area (Å²) < 4.78 is 0. The first-order chi connectivity index (χ1) is 11.6. The molecule has 0 aliphatic rings. The zero-order valence-electron chi connectivity index (χ0n) is 13.0. The van der Waals surface area contributed by atoms with E-state index in [9.17, 15) is 9.59 Å². The summed E-state index contributed by atoms with van der Waals surface area (Å²) in [5.41, 5.74) is 4.06. The van der Waals surface area contributed by atoms with E-state index in [2.05, 4.69) is 20.8 Å². The number of para-hydroxylation sites is 1. The van der Waals surface area contributed by atoms with E-state index >= 15 is 0 Å². The number of nitrogens with one attached hydrogen (secondary N) is 2. The van der Waals surface area contributed by atoms with Crippen LogP contribution in [0.5, 0.6) is 0 Å². The number of nitriles is 1. The summed E-state index contributed by atoms with van der Waals surface area (Å²) in [6.45, 7) is 1.63. The molecule has 0 saturated carbocycles. The average Bonchev–Trinajstić information content (AvgIpc) is 2.60. The number of nitrogens with zero attached hydrogens (tertiary/aromatic N) is 3. The summed E-state index contributed by atoms with van der Waals surface area (Å²) >= 11 is 0. The van der Waals surface area contributed by atoms with Crippen molar-refractivity contribution in [2.75, 3.05) is 5.32 Å². The predicted molar refractivity (Wildman–Crippen MR) is 89.2 cm³/mol.